The highest BCUT2D eigenvalue weighted by molar-refractivity contribution is 4.96. The summed E-state index contributed by atoms with van der Waals surface area (Å²) in [6.45, 7) is 3.80. The predicted octanol–water partition coefficient (Wildman–Crippen LogP) is 0.506. The number of hydrogen-bond acceptors (Lipinski definition) is 3. The lowest BCUT2D eigenvalue weighted by Crippen LogP contribution is -2.31. The predicted molar refractivity (Wildman–Crippen MR) is 48.1 cm³/mol. The number of rotatable bonds is 4. The Labute approximate surface area is 73.0 Å². The summed E-state index contributed by atoms with van der Waals surface area (Å²) in [5.74, 6) is 5.74. The van der Waals surface area contributed by atoms with Crippen molar-refractivity contribution in [1.29, 1.82) is 0 Å². The van der Waals surface area contributed by atoms with Crippen LogP contribution in [0, 0.1) is 0 Å². The molecule has 1 heterocycles. The lowest BCUT2D eigenvalue weighted by atomic mass is 10.4. The summed E-state index contributed by atoms with van der Waals surface area (Å²) in [6.07, 6.45) is 4.71. The molecule has 0 amide bonds. The van der Waals surface area contributed by atoms with Crippen LogP contribution in [-0.4, -0.2) is 21.1 Å². The Morgan fingerprint density at radius 2 is 2.42 bits per heavy atom. The topological polar surface area (TPSA) is 47.1 Å². The van der Waals surface area contributed by atoms with E-state index in [1.807, 2.05) is 17.8 Å². The van der Waals surface area contributed by atoms with E-state index in [2.05, 4.69) is 11.9 Å². The summed E-state index contributed by atoms with van der Waals surface area (Å²) >= 11 is 0. The van der Waals surface area contributed by atoms with Crippen LogP contribution < -0.4 is 5.84 Å². The molecule has 68 valence electrons. The van der Waals surface area contributed by atoms with Gasteiger partial charge >= 0.3 is 0 Å². The number of imidazole rings is 1. The Morgan fingerprint density at radius 3 is 2.92 bits per heavy atom. The van der Waals surface area contributed by atoms with Crippen LogP contribution >= 0.6 is 0 Å². The molecule has 0 spiro atoms. The van der Waals surface area contributed by atoms with Crippen molar-refractivity contribution < 1.29 is 0 Å². The van der Waals surface area contributed by atoms with Crippen LogP contribution in [0.5, 0.6) is 0 Å². The minimum atomic E-state index is 0.768. The van der Waals surface area contributed by atoms with Crippen molar-refractivity contribution in [2.45, 2.75) is 19.9 Å². The molecule has 2 N–H and O–H groups in total. The van der Waals surface area contributed by atoms with Gasteiger partial charge in [-0.25, -0.2) is 9.99 Å². The van der Waals surface area contributed by atoms with E-state index in [4.69, 9.17) is 5.84 Å². The molecule has 0 bridgehead atoms. The zero-order valence-electron chi connectivity index (χ0n) is 7.70. The first kappa shape index (κ1) is 9.22. The summed E-state index contributed by atoms with van der Waals surface area (Å²) in [5, 5.41) is 1.80. The molecule has 1 aromatic rings. The number of hydrazine groups is 1. The van der Waals surface area contributed by atoms with Crippen LogP contribution in [0.1, 0.15) is 19.0 Å². The summed E-state index contributed by atoms with van der Waals surface area (Å²) < 4.78 is 1.98. The molecule has 0 atom stereocenters. The SMILES string of the molecule is CCCN(N)Cc1cncn1C. The Bertz CT molecular complexity index is 231. The van der Waals surface area contributed by atoms with Gasteiger partial charge in [0.15, 0.2) is 0 Å². The molecule has 1 aromatic heterocycles. The number of nitrogens with two attached hydrogens (primary N) is 1. The lowest BCUT2D eigenvalue weighted by Gasteiger charge is -2.14. The van der Waals surface area contributed by atoms with Gasteiger partial charge in [-0.15, -0.1) is 0 Å². The monoisotopic (exact) mass is 168 g/mol. The van der Waals surface area contributed by atoms with Crippen LogP contribution in [0.2, 0.25) is 0 Å². The van der Waals surface area contributed by atoms with Gasteiger partial charge < -0.3 is 4.57 Å². The lowest BCUT2D eigenvalue weighted by molar-refractivity contribution is 0.269. The van der Waals surface area contributed by atoms with Crippen LogP contribution in [0.15, 0.2) is 12.5 Å². The van der Waals surface area contributed by atoms with E-state index in [-0.39, 0.29) is 0 Å². The zero-order chi connectivity index (χ0) is 8.97. The highest BCUT2D eigenvalue weighted by Crippen LogP contribution is 1.99. The second-order valence-corrected chi connectivity index (χ2v) is 2.97. The van der Waals surface area contributed by atoms with E-state index in [1.165, 1.54) is 0 Å². The number of nitrogens with zero attached hydrogens (tertiary/aromatic N) is 3. The van der Waals surface area contributed by atoms with Gasteiger partial charge in [0, 0.05) is 19.8 Å². The second-order valence-electron chi connectivity index (χ2n) is 2.97. The van der Waals surface area contributed by atoms with E-state index in [1.54, 1.807) is 11.3 Å². The third-order valence-electron chi connectivity index (χ3n) is 1.79. The van der Waals surface area contributed by atoms with Crippen molar-refractivity contribution in [2.75, 3.05) is 6.54 Å². The Morgan fingerprint density at radius 1 is 1.67 bits per heavy atom. The van der Waals surface area contributed by atoms with Crippen molar-refractivity contribution >= 4 is 0 Å². The van der Waals surface area contributed by atoms with Gasteiger partial charge in [-0.05, 0) is 6.42 Å². The smallest absolute Gasteiger partial charge is 0.0945 e. The summed E-state index contributed by atoms with van der Waals surface area (Å²) in [4.78, 5) is 4.02. The molecule has 0 unspecified atom stereocenters. The van der Waals surface area contributed by atoms with Crippen molar-refractivity contribution in [2.24, 2.45) is 12.9 Å². The van der Waals surface area contributed by atoms with Gasteiger partial charge in [-0.3, -0.25) is 5.84 Å². The van der Waals surface area contributed by atoms with E-state index in [0.29, 0.717) is 0 Å². The summed E-state index contributed by atoms with van der Waals surface area (Å²) in [6, 6.07) is 0. The fourth-order valence-electron chi connectivity index (χ4n) is 1.11. The fraction of sp³-hybridized carbons (Fsp3) is 0.625. The average molecular weight is 168 g/mol. The van der Waals surface area contributed by atoms with Crippen LogP contribution in [0.4, 0.5) is 0 Å². The maximum Gasteiger partial charge on any atom is 0.0945 e. The van der Waals surface area contributed by atoms with E-state index in [9.17, 15) is 0 Å². The van der Waals surface area contributed by atoms with E-state index in [0.717, 1.165) is 25.2 Å². The molecule has 0 aliphatic heterocycles. The molecule has 1 rings (SSSR count). The maximum absolute atomic E-state index is 5.74. The first-order valence-electron chi connectivity index (χ1n) is 4.19. The minimum absolute atomic E-state index is 0.768. The quantitative estimate of drug-likeness (QED) is 0.526. The summed E-state index contributed by atoms with van der Waals surface area (Å²) in [5.41, 5.74) is 1.14. The van der Waals surface area contributed by atoms with Crippen molar-refractivity contribution in [3.8, 4) is 0 Å². The van der Waals surface area contributed by atoms with Gasteiger partial charge in [0.2, 0.25) is 0 Å². The van der Waals surface area contributed by atoms with Crippen LogP contribution in [-0.2, 0) is 13.6 Å². The minimum Gasteiger partial charge on any atom is -0.337 e. The van der Waals surface area contributed by atoms with E-state index < -0.39 is 0 Å². The fourth-order valence-corrected chi connectivity index (χ4v) is 1.11. The Balaban J connectivity index is 2.46. The van der Waals surface area contributed by atoms with Gasteiger partial charge in [-0.2, -0.15) is 0 Å². The molecule has 0 aliphatic rings. The van der Waals surface area contributed by atoms with Crippen LogP contribution in [0.25, 0.3) is 0 Å². The Kier molecular flexibility index (Phi) is 3.25. The normalized spacial score (nSPS) is 11.0. The first-order chi connectivity index (χ1) is 5.74. The van der Waals surface area contributed by atoms with Crippen molar-refractivity contribution in [3.05, 3.63) is 18.2 Å². The summed E-state index contributed by atoms with van der Waals surface area (Å²) in [7, 11) is 1.97. The number of hydrogen-bond donors (Lipinski definition) is 1. The molecular weight excluding hydrogens is 152 g/mol. The maximum atomic E-state index is 5.74. The number of aromatic nitrogens is 2. The van der Waals surface area contributed by atoms with Gasteiger partial charge in [0.25, 0.3) is 0 Å². The Hall–Kier alpha value is -0.870. The average Bonchev–Trinajstić information content (AvgIpc) is 2.37. The first-order valence-corrected chi connectivity index (χ1v) is 4.19. The van der Waals surface area contributed by atoms with E-state index >= 15 is 0 Å². The molecule has 12 heavy (non-hydrogen) atoms. The number of aryl methyl sites for hydroxylation is 1. The molecule has 0 aliphatic carbocycles. The van der Waals surface area contributed by atoms with Crippen molar-refractivity contribution in [1.82, 2.24) is 14.6 Å². The van der Waals surface area contributed by atoms with Gasteiger partial charge in [0.05, 0.1) is 18.6 Å². The highest BCUT2D eigenvalue weighted by atomic mass is 15.4. The van der Waals surface area contributed by atoms with Gasteiger partial charge in [0.1, 0.15) is 0 Å². The van der Waals surface area contributed by atoms with Gasteiger partial charge in [-0.1, -0.05) is 6.92 Å². The molecule has 0 saturated carbocycles. The molecule has 0 saturated heterocycles. The van der Waals surface area contributed by atoms with Crippen LogP contribution in [0.3, 0.4) is 0 Å². The molecule has 0 fully saturated rings. The molecular formula is C8H16N4. The molecule has 4 nitrogen and oxygen atoms in total. The highest BCUT2D eigenvalue weighted by Gasteiger charge is 2.01. The molecule has 0 radical (unpaired) electrons. The largest absolute Gasteiger partial charge is 0.337 e. The van der Waals surface area contributed by atoms with Crippen molar-refractivity contribution in [3.63, 3.8) is 0 Å². The molecule has 4 heteroatoms. The zero-order valence-corrected chi connectivity index (χ0v) is 7.70. The third kappa shape index (κ3) is 2.32. The molecule has 0 aromatic carbocycles. The second kappa shape index (κ2) is 4.23. The third-order valence-corrected chi connectivity index (χ3v) is 1.79. The standard InChI is InChI=1S/C8H16N4/c1-3-4-12(9)6-8-5-10-7-11(8)2/h5,7H,3-4,6,9H2,1-2H3.